The number of carbonyl (C=O) groups is 1. The lowest BCUT2D eigenvalue weighted by atomic mass is 9.71. The molecular weight excluding hydrogens is 246 g/mol. The van der Waals surface area contributed by atoms with Crippen LogP contribution in [0.15, 0.2) is 30.3 Å². The minimum absolute atomic E-state index is 0.157. The lowest BCUT2D eigenvalue weighted by Gasteiger charge is -2.40. The van der Waals surface area contributed by atoms with Gasteiger partial charge in [0.05, 0.1) is 0 Å². The average molecular weight is 273 g/mol. The minimum Gasteiger partial charge on any atom is -0.300 e. The van der Waals surface area contributed by atoms with Crippen molar-refractivity contribution in [1.29, 1.82) is 0 Å². The maximum Gasteiger partial charge on any atom is 0.130 e. The Hall–Kier alpha value is -1.15. The third kappa shape index (κ3) is 4.17. The van der Waals surface area contributed by atoms with Crippen LogP contribution >= 0.6 is 0 Å². The second-order valence-electron chi connectivity index (χ2n) is 6.90. The van der Waals surface area contributed by atoms with Crippen LogP contribution in [0.1, 0.15) is 45.6 Å². The molecule has 1 aliphatic heterocycles. The molecule has 0 aliphatic carbocycles. The van der Waals surface area contributed by atoms with Crippen molar-refractivity contribution >= 4 is 5.78 Å². The van der Waals surface area contributed by atoms with Crippen molar-refractivity contribution in [3.05, 3.63) is 35.9 Å². The van der Waals surface area contributed by atoms with Gasteiger partial charge in [-0.05, 0) is 49.8 Å². The van der Waals surface area contributed by atoms with Crippen LogP contribution in [0.25, 0.3) is 0 Å². The molecule has 2 rings (SSSR count). The summed E-state index contributed by atoms with van der Waals surface area (Å²) in [5.74, 6) is 1.00. The first-order valence-corrected chi connectivity index (χ1v) is 7.73. The van der Waals surface area contributed by atoms with Gasteiger partial charge >= 0.3 is 0 Å². The van der Waals surface area contributed by atoms with Crippen molar-refractivity contribution in [3.63, 3.8) is 0 Å². The number of rotatable bonds is 5. The SMILES string of the molecule is CC(=O)CC(C)(C)C1CCN(Cc2ccccc2)CC1. The summed E-state index contributed by atoms with van der Waals surface area (Å²) in [4.78, 5) is 13.9. The molecule has 1 aliphatic rings. The van der Waals surface area contributed by atoms with E-state index in [4.69, 9.17) is 0 Å². The first kappa shape index (κ1) is 15.2. The quantitative estimate of drug-likeness (QED) is 0.811. The molecule has 1 saturated heterocycles. The van der Waals surface area contributed by atoms with Crippen LogP contribution in [0, 0.1) is 11.3 Å². The number of nitrogens with zero attached hydrogens (tertiary/aromatic N) is 1. The lowest BCUT2D eigenvalue weighted by Crippen LogP contribution is -2.39. The summed E-state index contributed by atoms with van der Waals surface area (Å²) in [6.45, 7) is 9.59. The number of ketones is 1. The standard InChI is InChI=1S/C18H27NO/c1-15(20)13-18(2,3)17-9-11-19(12-10-17)14-16-7-5-4-6-8-16/h4-8,17H,9-14H2,1-3H3. The van der Waals surface area contributed by atoms with E-state index in [-0.39, 0.29) is 5.41 Å². The first-order chi connectivity index (χ1) is 9.47. The normalized spacial score (nSPS) is 18.1. The van der Waals surface area contributed by atoms with Crippen LogP contribution in [0.5, 0.6) is 0 Å². The Morgan fingerprint density at radius 3 is 2.35 bits per heavy atom. The Balaban J connectivity index is 1.85. The number of Topliss-reactive ketones (excluding diaryl/α,β-unsaturated/α-hetero) is 1. The summed E-state index contributed by atoms with van der Waals surface area (Å²) < 4.78 is 0. The number of carbonyl (C=O) groups excluding carboxylic acids is 1. The predicted molar refractivity (Wildman–Crippen MR) is 83.5 cm³/mol. The third-order valence-electron chi connectivity index (χ3n) is 4.65. The van der Waals surface area contributed by atoms with Gasteiger partial charge < -0.3 is 4.79 Å². The molecule has 20 heavy (non-hydrogen) atoms. The Kier molecular flexibility index (Phi) is 4.98. The number of likely N-dealkylation sites (tertiary alicyclic amines) is 1. The van der Waals surface area contributed by atoms with Crippen LogP contribution in [0.4, 0.5) is 0 Å². The van der Waals surface area contributed by atoms with Crippen molar-refractivity contribution < 1.29 is 4.79 Å². The van der Waals surface area contributed by atoms with Crippen LogP contribution < -0.4 is 0 Å². The summed E-state index contributed by atoms with van der Waals surface area (Å²) in [6, 6.07) is 10.7. The van der Waals surface area contributed by atoms with Gasteiger partial charge in [-0.3, -0.25) is 4.90 Å². The lowest BCUT2D eigenvalue weighted by molar-refractivity contribution is -0.119. The molecule has 0 amide bonds. The Morgan fingerprint density at radius 2 is 1.80 bits per heavy atom. The van der Waals surface area contributed by atoms with Gasteiger partial charge in [0.2, 0.25) is 0 Å². The van der Waals surface area contributed by atoms with Crippen LogP contribution in [-0.4, -0.2) is 23.8 Å². The number of hydrogen-bond donors (Lipinski definition) is 0. The summed E-state index contributed by atoms with van der Waals surface area (Å²) in [7, 11) is 0. The van der Waals surface area contributed by atoms with Gasteiger partial charge in [0, 0.05) is 13.0 Å². The fraction of sp³-hybridized carbons (Fsp3) is 0.611. The monoisotopic (exact) mass is 273 g/mol. The summed E-state index contributed by atoms with van der Waals surface area (Å²) in [5, 5.41) is 0. The van der Waals surface area contributed by atoms with Gasteiger partial charge in [0.25, 0.3) is 0 Å². The average Bonchev–Trinajstić information content (AvgIpc) is 2.39. The van der Waals surface area contributed by atoms with Crippen molar-refractivity contribution in [2.24, 2.45) is 11.3 Å². The summed E-state index contributed by atoms with van der Waals surface area (Å²) >= 11 is 0. The highest BCUT2D eigenvalue weighted by Gasteiger charge is 2.33. The molecule has 0 atom stereocenters. The Bertz CT molecular complexity index is 430. The predicted octanol–water partition coefficient (Wildman–Crippen LogP) is 3.90. The highest BCUT2D eigenvalue weighted by atomic mass is 16.1. The van der Waals surface area contributed by atoms with Crippen molar-refractivity contribution in [1.82, 2.24) is 4.90 Å². The van der Waals surface area contributed by atoms with E-state index >= 15 is 0 Å². The molecule has 1 heterocycles. The highest BCUT2D eigenvalue weighted by molar-refractivity contribution is 5.76. The van der Waals surface area contributed by atoms with E-state index < -0.39 is 0 Å². The maximum atomic E-state index is 11.4. The largest absolute Gasteiger partial charge is 0.300 e. The summed E-state index contributed by atoms with van der Waals surface area (Å²) in [6.07, 6.45) is 3.15. The van der Waals surface area contributed by atoms with Gasteiger partial charge in [-0.15, -0.1) is 0 Å². The third-order valence-corrected chi connectivity index (χ3v) is 4.65. The van der Waals surface area contributed by atoms with E-state index in [1.807, 2.05) is 0 Å². The zero-order chi connectivity index (χ0) is 14.6. The van der Waals surface area contributed by atoms with E-state index in [9.17, 15) is 4.79 Å². The van der Waals surface area contributed by atoms with E-state index in [2.05, 4.69) is 49.1 Å². The van der Waals surface area contributed by atoms with Crippen LogP contribution in [-0.2, 0) is 11.3 Å². The van der Waals surface area contributed by atoms with Gasteiger partial charge in [0.15, 0.2) is 0 Å². The second kappa shape index (κ2) is 6.53. The second-order valence-corrected chi connectivity index (χ2v) is 6.90. The molecule has 0 radical (unpaired) electrons. The maximum absolute atomic E-state index is 11.4. The Labute approximate surface area is 123 Å². The van der Waals surface area contributed by atoms with Gasteiger partial charge in [-0.2, -0.15) is 0 Å². The van der Waals surface area contributed by atoms with Crippen molar-refractivity contribution in [2.45, 2.75) is 46.6 Å². The van der Waals surface area contributed by atoms with Gasteiger partial charge in [-0.1, -0.05) is 44.2 Å². The van der Waals surface area contributed by atoms with E-state index in [1.54, 1.807) is 6.92 Å². The van der Waals surface area contributed by atoms with E-state index in [1.165, 1.54) is 18.4 Å². The molecule has 0 spiro atoms. The van der Waals surface area contributed by atoms with E-state index in [0.29, 0.717) is 11.7 Å². The molecule has 0 unspecified atom stereocenters. The molecule has 0 bridgehead atoms. The van der Waals surface area contributed by atoms with E-state index in [0.717, 1.165) is 26.1 Å². The molecule has 1 aromatic rings. The zero-order valence-corrected chi connectivity index (χ0v) is 13.1. The molecule has 0 aromatic heterocycles. The molecule has 1 fully saturated rings. The topological polar surface area (TPSA) is 20.3 Å². The minimum atomic E-state index is 0.157. The van der Waals surface area contributed by atoms with Crippen molar-refractivity contribution in [3.8, 4) is 0 Å². The van der Waals surface area contributed by atoms with Gasteiger partial charge in [0.1, 0.15) is 5.78 Å². The van der Waals surface area contributed by atoms with Gasteiger partial charge in [-0.25, -0.2) is 0 Å². The first-order valence-electron chi connectivity index (χ1n) is 7.73. The molecule has 2 nitrogen and oxygen atoms in total. The fourth-order valence-electron chi connectivity index (χ4n) is 3.50. The number of hydrogen-bond acceptors (Lipinski definition) is 2. The molecule has 0 saturated carbocycles. The smallest absolute Gasteiger partial charge is 0.130 e. The summed E-state index contributed by atoms with van der Waals surface area (Å²) in [5.41, 5.74) is 1.55. The number of benzene rings is 1. The molecule has 0 N–H and O–H groups in total. The molecular formula is C18H27NO. The molecule has 110 valence electrons. The van der Waals surface area contributed by atoms with Crippen molar-refractivity contribution in [2.75, 3.05) is 13.1 Å². The highest BCUT2D eigenvalue weighted by Crippen LogP contribution is 2.38. The van der Waals surface area contributed by atoms with Crippen LogP contribution in [0.3, 0.4) is 0 Å². The fourth-order valence-corrected chi connectivity index (χ4v) is 3.50. The molecule has 2 heteroatoms. The zero-order valence-electron chi connectivity index (χ0n) is 13.1. The number of piperidine rings is 1. The Morgan fingerprint density at radius 1 is 1.20 bits per heavy atom. The van der Waals surface area contributed by atoms with Crippen LogP contribution in [0.2, 0.25) is 0 Å². The molecule has 1 aromatic carbocycles.